The van der Waals surface area contributed by atoms with E-state index in [9.17, 15) is 0 Å². The lowest BCUT2D eigenvalue weighted by molar-refractivity contribution is 1.21. The zero-order chi connectivity index (χ0) is 18.1. The van der Waals surface area contributed by atoms with Crippen molar-refractivity contribution in [2.45, 2.75) is 13.8 Å². The zero-order valence-corrected chi connectivity index (χ0v) is 15.8. The Morgan fingerprint density at radius 1 is 0.923 bits per heavy atom. The Morgan fingerprint density at radius 3 is 2.38 bits per heavy atom. The monoisotopic (exact) mass is 381 g/mol. The molecule has 2 aromatic heterocycles. The molecule has 2 N–H and O–H groups in total. The topological polar surface area (TPSA) is 62.7 Å². The lowest BCUT2D eigenvalue weighted by atomic mass is 10.1. The molecule has 5 nitrogen and oxygen atoms in total. The van der Waals surface area contributed by atoms with Crippen LogP contribution in [0.1, 0.15) is 11.1 Å². The van der Waals surface area contributed by atoms with Crippen molar-refractivity contribution in [1.82, 2.24) is 15.0 Å². The van der Waals surface area contributed by atoms with E-state index in [1.165, 1.54) is 22.5 Å². The van der Waals surface area contributed by atoms with Crippen LogP contribution in [0.4, 0.5) is 22.3 Å². The van der Waals surface area contributed by atoms with Gasteiger partial charge in [0.05, 0.1) is 0 Å². The Labute approximate surface area is 160 Å². The molecule has 2 aromatic carbocycles. The van der Waals surface area contributed by atoms with Crippen LogP contribution in [0.2, 0.25) is 5.02 Å². The molecule has 4 aromatic rings. The average molecular weight is 382 g/mol. The van der Waals surface area contributed by atoms with Crippen molar-refractivity contribution in [2.75, 3.05) is 10.6 Å². The summed E-state index contributed by atoms with van der Waals surface area (Å²) in [6.07, 6.45) is 1.54. The number of aryl methyl sites for hydroxylation is 2. The van der Waals surface area contributed by atoms with E-state index in [0.29, 0.717) is 10.8 Å². The smallest absolute Gasteiger partial charge is 0.189 e. The van der Waals surface area contributed by atoms with Gasteiger partial charge in [0, 0.05) is 16.4 Å². The molecule has 0 aliphatic carbocycles. The largest absolute Gasteiger partial charge is 0.338 e. The summed E-state index contributed by atoms with van der Waals surface area (Å²) in [6, 6.07) is 13.7. The van der Waals surface area contributed by atoms with Gasteiger partial charge in [0.1, 0.15) is 11.8 Å². The van der Waals surface area contributed by atoms with E-state index in [1.807, 2.05) is 30.3 Å². The number of nitrogens with one attached hydrogen (secondary N) is 2. The minimum absolute atomic E-state index is 0.670. The Balaban J connectivity index is 1.68. The van der Waals surface area contributed by atoms with Crippen LogP contribution < -0.4 is 10.6 Å². The highest BCUT2D eigenvalue weighted by molar-refractivity contribution is 7.21. The van der Waals surface area contributed by atoms with Gasteiger partial charge >= 0.3 is 0 Å². The van der Waals surface area contributed by atoms with Crippen LogP contribution in [0.3, 0.4) is 0 Å². The van der Waals surface area contributed by atoms with Crippen LogP contribution in [0.15, 0.2) is 48.8 Å². The number of thiazole rings is 1. The quantitative estimate of drug-likeness (QED) is 0.464. The second-order valence-electron chi connectivity index (χ2n) is 5.92. The average Bonchev–Trinajstić information content (AvgIpc) is 3.04. The number of aromatic nitrogens is 3. The van der Waals surface area contributed by atoms with Gasteiger partial charge in [-0.2, -0.15) is 0 Å². The molecular weight excluding hydrogens is 366 g/mol. The van der Waals surface area contributed by atoms with E-state index in [0.717, 1.165) is 26.9 Å². The summed E-state index contributed by atoms with van der Waals surface area (Å²) in [7, 11) is 0. The zero-order valence-electron chi connectivity index (χ0n) is 14.2. The first-order chi connectivity index (χ1) is 12.6. The standard InChI is InChI=1S/C19H16ClN5S/c1-11-4-3-5-12(2)15(11)24-19-25-16-17(21-10-22-18(16)26-19)23-14-8-6-13(20)7-9-14/h3-10H,1-2H3,(H,24,25)(H,21,22,23). The molecule has 0 radical (unpaired) electrons. The Hall–Kier alpha value is -2.70. The first-order valence-corrected chi connectivity index (χ1v) is 9.27. The van der Waals surface area contributed by atoms with Gasteiger partial charge in [0.25, 0.3) is 0 Å². The predicted octanol–water partition coefficient (Wildman–Crippen LogP) is 5.84. The number of hydrogen-bond acceptors (Lipinski definition) is 6. The molecule has 0 aliphatic heterocycles. The molecule has 0 saturated carbocycles. The third-order valence-corrected chi connectivity index (χ3v) is 5.15. The van der Waals surface area contributed by atoms with Crippen LogP contribution in [-0.4, -0.2) is 15.0 Å². The fraction of sp³-hybridized carbons (Fsp3) is 0.105. The van der Waals surface area contributed by atoms with Gasteiger partial charge in [0.2, 0.25) is 0 Å². The summed E-state index contributed by atoms with van der Waals surface area (Å²) < 4.78 is 0. The maximum absolute atomic E-state index is 5.94. The number of rotatable bonds is 4. The fourth-order valence-electron chi connectivity index (χ4n) is 2.69. The van der Waals surface area contributed by atoms with Crippen LogP contribution >= 0.6 is 22.9 Å². The maximum atomic E-state index is 5.94. The van der Waals surface area contributed by atoms with Crippen molar-refractivity contribution in [2.24, 2.45) is 0 Å². The molecule has 4 rings (SSSR count). The highest BCUT2D eigenvalue weighted by atomic mass is 35.5. The summed E-state index contributed by atoms with van der Waals surface area (Å²) in [5.41, 5.74) is 5.06. The van der Waals surface area contributed by atoms with Gasteiger partial charge in [-0.15, -0.1) is 0 Å². The minimum atomic E-state index is 0.670. The molecular formula is C19H16ClN5S. The number of halogens is 1. The van der Waals surface area contributed by atoms with Crippen molar-refractivity contribution < 1.29 is 0 Å². The summed E-state index contributed by atoms with van der Waals surface area (Å²) in [6.45, 7) is 4.16. The van der Waals surface area contributed by atoms with Crippen molar-refractivity contribution in [1.29, 1.82) is 0 Å². The van der Waals surface area contributed by atoms with Gasteiger partial charge in [-0.05, 0) is 49.2 Å². The molecule has 0 aliphatic rings. The number of hydrogen-bond donors (Lipinski definition) is 2. The van der Waals surface area contributed by atoms with Crippen LogP contribution in [-0.2, 0) is 0 Å². The van der Waals surface area contributed by atoms with Crippen molar-refractivity contribution >= 4 is 55.6 Å². The van der Waals surface area contributed by atoms with Crippen LogP contribution in [0.5, 0.6) is 0 Å². The van der Waals surface area contributed by atoms with E-state index >= 15 is 0 Å². The Morgan fingerprint density at radius 2 is 1.65 bits per heavy atom. The summed E-state index contributed by atoms with van der Waals surface area (Å²) in [5.74, 6) is 0.670. The third kappa shape index (κ3) is 3.34. The predicted molar refractivity (Wildman–Crippen MR) is 109 cm³/mol. The lowest BCUT2D eigenvalue weighted by Gasteiger charge is -2.09. The second kappa shape index (κ2) is 6.90. The number of anilines is 4. The van der Waals surface area contributed by atoms with Crippen molar-refractivity contribution in [3.63, 3.8) is 0 Å². The molecule has 130 valence electrons. The molecule has 7 heteroatoms. The van der Waals surface area contributed by atoms with Crippen LogP contribution in [0, 0.1) is 13.8 Å². The van der Waals surface area contributed by atoms with E-state index in [2.05, 4.69) is 46.6 Å². The van der Waals surface area contributed by atoms with E-state index in [4.69, 9.17) is 16.6 Å². The normalized spacial score (nSPS) is 10.9. The molecule has 0 atom stereocenters. The molecule has 0 amide bonds. The first kappa shape index (κ1) is 16.8. The SMILES string of the molecule is Cc1cccc(C)c1Nc1nc2c(Nc3ccc(Cl)cc3)ncnc2s1. The second-order valence-corrected chi connectivity index (χ2v) is 7.33. The van der Waals surface area contributed by atoms with Crippen molar-refractivity contribution in [3.05, 3.63) is 64.9 Å². The number of para-hydroxylation sites is 1. The van der Waals surface area contributed by atoms with Gasteiger partial charge in [-0.3, -0.25) is 0 Å². The maximum Gasteiger partial charge on any atom is 0.189 e. The number of nitrogens with zero attached hydrogens (tertiary/aromatic N) is 3. The first-order valence-electron chi connectivity index (χ1n) is 8.07. The Kier molecular flexibility index (Phi) is 4.44. The highest BCUT2D eigenvalue weighted by Gasteiger charge is 2.12. The molecule has 2 heterocycles. The van der Waals surface area contributed by atoms with E-state index < -0.39 is 0 Å². The summed E-state index contributed by atoms with van der Waals surface area (Å²) in [4.78, 5) is 14.2. The molecule has 0 bridgehead atoms. The number of benzene rings is 2. The van der Waals surface area contributed by atoms with Gasteiger partial charge < -0.3 is 10.6 Å². The molecule has 26 heavy (non-hydrogen) atoms. The highest BCUT2D eigenvalue weighted by Crippen LogP contribution is 2.33. The number of fused-ring (bicyclic) bond motifs is 1. The van der Waals surface area contributed by atoms with Gasteiger partial charge in [-0.25, -0.2) is 15.0 Å². The van der Waals surface area contributed by atoms with E-state index in [-0.39, 0.29) is 0 Å². The fourth-order valence-corrected chi connectivity index (χ4v) is 3.63. The van der Waals surface area contributed by atoms with Crippen molar-refractivity contribution in [3.8, 4) is 0 Å². The lowest BCUT2D eigenvalue weighted by Crippen LogP contribution is -1.96. The minimum Gasteiger partial charge on any atom is -0.338 e. The molecule has 0 spiro atoms. The van der Waals surface area contributed by atoms with Gasteiger partial charge in [-0.1, -0.05) is 41.1 Å². The molecule has 0 fully saturated rings. The van der Waals surface area contributed by atoms with Gasteiger partial charge in [0.15, 0.2) is 15.8 Å². The molecule has 0 unspecified atom stereocenters. The van der Waals surface area contributed by atoms with Crippen LogP contribution in [0.25, 0.3) is 10.3 Å². The molecule has 0 saturated heterocycles. The summed E-state index contributed by atoms with van der Waals surface area (Å²) in [5, 5.41) is 8.18. The van der Waals surface area contributed by atoms with E-state index in [1.54, 1.807) is 6.33 Å². The summed E-state index contributed by atoms with van der Waals surface area (Å²) >= 11 is 7.45. The third-order valence-electron chi connectivity index (χ3n) is 4.02. The Bertz CT molecular complexity index is 1050.